The van der Waals surface area contributed by atoms with Gasteiger partial charge in [-0.15, -0.1) is 0 Å². The Bertz CT molecular complexity index is 679. The van der Waals surface area contributed by atoms with Gasteiger partial charge in [0, 0.05) is 12.5 Å². The van der Waals surface area contributed by atoms with Crippen molar-refractivity contribution < 1.29 is 19.1 Å². The number of ether oxygens (including phenoxy) is 2. The molecule has 0 fully saturated rings. The number of esters is 2. The first-order valence-corrected chi connectivity index (χ1v) is 13.7. The van der Waals surface area contributed by atoms with Crippen LogP contribution in [-0.2, 0) is 19.1 Å². The third-order valence-corrected chi connectivity index (χ3v) is 5.36. The summed E-state index contributed by atoms with van der Waals surface area (Å²) in [6.07, 6.45) is 21.7. The Morgan fingerprint density at radius 2 is 1.19 bits per heavy atom. The largest absolute Gasteiger partial charge is 0.462 e. The van der Waals surface area contributed by atoms with Crippen LogP contribution in [0.3, 0.4) is 0 Å². The number of unbranched alkanes of at least 4 members (excludes halogenated alkanes) is 13. The van der Waals surface area contributed by atoms with Gasteiger partial charge in [0.2, 0.25) is 0 Å². The molecule has 0 aliphatic rings. The van der Waals surface area contributed by atoms with Crippen LogP contribution in [0.5, 0.6) is 0 Å². The fourth-order valence-corrected chi connectivity index (χ4v) is 3.29. The van der Waals surface area contributed by atoms with Gasteiger partial charge in [-0.2, -0.15) is 0 Å². The normalized spacial score (nSPS) is 9.53. The molecule has 0 aliphatic heterocycles. The average Bonchev–Trinajstić information content (AvgIpc) is 2.87. The van der Waals surface area contributed by atoms with Gasteiger partial charge in [-0.05, 0) is 18.9 Å². The fraction of sp³-hybridized carbons (Fsp3) is 0.562. The van der Waals surface area contributed by atoms with Gasteiger partial charge < -0.3 is 9.47 Å². The number of benzene rings is 1. The molecule has 0 atom stereocenters. The molecule has 36 heavy (non-hydrogen) atoms. The van der Waals surface area contributed by atoms with Gasteiger partial charge in [-0.1, -0.05) is 147 Å². The summed E-state index contributed by atoms with van der Waals surface area (Å²) in [6, 6.07) is 10.0. The van der Waals surface area contributed by atoms with E-state index in [1.807, 2.05) is 36.4 Å². The molecule has 1 rings (SSSR count). The van der Waals surface area contributed by atoms with E-state index in [4.69, 9.17) is 4.74 Å². The van der Waals surface area contributed by atoms with Crippen LogP contribution >= 0.6 is 0 Å². The minimum absolute atomic E-state index is 0.255. The maximum absolute atomic E-state index is 11.2. The van der Waals surface area contributed by atoms with Gasteiger partial charge in [0.05, 0.1) is 12.9 Å². The molecule has 4 nitrogen and oxygen atoms in total. The molecular formula is C32H52O4. The Kier molecular flexibility index (Phi) is 28.3. The molecule has 0 aliphatic carbocycles. The van der Waals surface area contributed by atoms with Crippen LogP contribution in [0.2, 0.25) is 0 Å². The molecular weight excluding hydrogens is 448 g/mol. The summed E-state index contributed by atoms with van der Waals surface area (Å²) in [5, 5.41) is 0. The molecule has 0 N–H and O–H groups in total. The van der Waals surface area contributed by atoms with E-state index in [0.29, 0.717) is 12.2 Å². The molecule has 1 aromatic rings. The second kappa shape index (κ2) is 28.6. The smallest absolute Gasteiger partial charge is 0.333 e. The minimum atomic E-state index is -0.329. The first-order valence-electron chi connectivity index (χ1n) is 13.7. The van der Waals surface area contributed by atoms with Crippen LogP contribution in [0.1, 0.15) is 116 Å². The van der Waals surface area contributed by atoms with Crippen molar-refractivity contribution in [3.63, 3.8) is 0 Å². The van der Waals surface area contributed by atoms with Crippen LogP contribution in [0.25, 0.3) is 6.08 Å². The number of carbonyl (C=O) groups is 2. The molecule has 0 heterocycles. The molecule has 0 amide bonds. The summed E-state index contributed by atoms with van der Waals surface area (Å²) >= 11 is 0. The van der Waals surface area contributed by atoms with Crippen LogP contribution < -0.4 is 0 Å². The maximum Gasteiger partial charge on any atom is 0.333 e. The van der Waals surface area contributed by atoms with Crippen LogP contribution in [0.15, 0.2) is 61.9 Å². The van der Waals surface area contributed by atoms with E-state index in [2.05, 4.69) is 31.4 Å². The number of carbonyl (C=O) groups excluding carboxylic acids is 2. The van der Waals surface area contributed by atoms with Gasteiger partial charge in [0.25, 0.3) is 0 Å². The van der Waals surface area contributed by atoms with Crippen LogP contribution in [-0.4, -0.2) is 18.5 Å². The Morgan fingerprint density at radius 3 is 1.50 bits per heavy atom. The van der Waals surface area contributed by atoms with E-state index < -0.39 is 0 Å². The predicted octanol–water partition coefficient (Wildman–Crippen LogP) is 9.61. The molecule has 0 aromatic heterocycles. The number of hydrogen-bond donors (Lipinski definition) is 0. The first-order chi connectivity index (χ1) is 17.4. The Labute approximate surface area is 221 Å². The topological polar surface area (TPSA) is 52.6 Å². The monoisotopic (exact) mass is 500 g/mol. The number of rotatable bonds is 18. The van der Waals surface area contributed by atoms with E-state index in [9.17, 15) is 9.59 Å². The molecule has 0 spiro atoms. The molecule has 0 saturated heterocycles. The fourth-order valence-electron chi connectivity index (χ4n) is 3.29. The van der Waals surface area contributed by atoms with Crippen molar-refractivity contribution in [3.8, 4) is 0 Å². The number of hydrogen-bond acceptors (Lipinski definition) is 4. The SMILES string of the molecule is C=C(C)C(=O)OCCCCCCCCCCCCCCCC.C=COC(C)=O.C=Cc1ccccc1. The van der Waals surface area contributed by atoms with Gasteiger partial charge in [0.15, 0.2) is 0 Å². The molecule has 0 unspecified atom stereocenters. The molecule has 0 saturated carbocycles. The lowest BCUT2D eigenvalue weighted by atomic mass is 10.0. The predicted molar refractivity (Wildman–Crippen MR) is 155 cm³/mol. The van der Waals surface area contributed by atoms with Crippen molar-refractivity contribution in [1.29, 1.82) is 0 Å². The summed E-state index contributed by atoms with van der Waals surface area (Å²) in [7, 11) is 0. The van der Waals surface area contributed by atoms with Gasteiger partial charge in [0.1, 0.15) is 0 Å². The summed E-state index contributed by atoms with van der Waals surface area (Å²) in [5.41, 5.74) is 1.66. The molecule has 0 radical (unpaired) electrons. The van der Waals surface area contributed by atoms with E-state index in [-0.39, 0.29) is 11.9 Å². The summed E-state index contributed by atoms with van der Waals surface area (Å²) in [4.78, 5) is 20.9. The summed E-state index contributed by atoms with van der Waals surface area (Å²) in [5.74, 6) is -0.584. The Hall–Kier alpha value is -2.62. The molecule has 1 aromatic carbocycles. The summed E-state index contributed by atoms with van der Waals surface area (Å²) < 4.78 is 9.24. The Balaban J connectivity index is 0. The summed E-state index contributed by atoms with van der Waals surface area (Å²) in [6.45, 7) is 16.2. The lowest BCUT2D eigenvalue weighted by Gasteiger charge is -2.04. The van der Waals surface area contributed by atoms with Gasteiger partial charge >= 0.3 is 11.9 Å². The zero-order valence-corrected chi connectivity index (χ0v) is 23.4. The van der Waals surface area contributed by atoms with Crippen LogP contribution in [0, 0.1) is 0 Å². The maximum atomic E-state index is 11.2. The van der Waals surface area contributed by atoms with Crippen molar-refractivity contribution in [1.82, 2.24) is 0 Å². The van der Waals surface area contributed by atoms with E-state index in [1.54, 1.807) is 6.92 Å². The van der Waals surface area contributed by atoms with Crippen molar-refractivity contribution in [2.45, 2.75) is 111 Å². The lowest BCUT2D eigenvalue weighted by Crippen LogP contribution is -2.05. The molecule has 204 valence electrons. The minimum Gasteiger partial charge on any atom is -0.462 e. The quantitative estimate of drug-likeness (QED) is 0.0871. The van der Waals surface area contributed by atoms with E-state index >= 15 is 0 Å². The first kappa shape index (κ1) is 35.5. The second-order valence-electron chi connectivity index (χ2n) is 8.90. The second-order valence-corrected chi connectivity index (χ2v) is 8.90. The highest BCUT2D eigenvalue weighted by Gasteiger charge is 2.01. The zero-order valence-electron chi connectivity index (χ0n) is 23.4. The highest BCUT2D eigenvalue weighted by atomic mass is 16.5. The van der Waals surface area contributed by atoms with Gasteiger partial charge in [-0.3, -0.25) is 4.79 Å². The standard InChI is InChI=1S/C20H38O2.C8H8.C4H6O2/c1-4-5-6-7-8-9-10-11-12-13-14-15-16-17-18-22-20(21)19(2)3;1-2-8-6-4-3-5-7-8;1-3-6-4(2)5/h2,4-18H2,1,3H3;2-7H,1H2;3H,1H2,2H3. The van der Waals surface area contributed by atoms with Crippen molar-refractivity contribution in [2.24, 2.45) is 0 Å². The van der Waals surface area contributed by atoms with Crippen LogP contribution in [0.4, 0.5) is 0 Å². The zero-order chi connectivity index (χ0) is 27.3. The highest BCUT2D eigenvalue weighted by molar-refractivity contribution is 5.86. The Morgan fingerprint density at radius 1 is 0.750 bits per heavy atom. The van der Waals surface area contributed by atoms with Crippen molar-refractivity contribution in [3.05, 3.63) is 67.5 Å². The lowest BCUT2D eigenvalue weighted by molar-refractivity contribution is -0.139. The third kappa shape index (κ3) is 29.4. The molecule has 0 bridgehead atoms. The highest BCUT2D eigenvalue weighted by Crippen LogP contribution is 2.13. The van der Waals surface area contributed by atoms with Crippen molar-refractivity contribution in [2.75, 3.05) is 6.61 Å². The van der Waals surface area contributed by atoms with Gasteiger partial charge in [-0.25, -0.2) is 4.79 Å². The third-order valence-electron chi connectivity index (χ3n) is 5.36. The van der Waals surface area contributed by atoms with Crippen molar-refractivity contribution >= 4 is 18.0 Å². The van der Waals surface area contributed by atoms with E-state index in [1.165, 1.54) is 96.0 Å². The molecule has 4 heteroatoms. The average molecular weight is 501 g/mol. The van der Waals surface area contributed by atoms with E-state index in [0.717, 1.165) is 12.7 Å².